The van der Waals surface area contributed by atoms with E-state index in [-0.39, 0.29) is 5.11 Å². The lowest BCUT2D eigenvalue weighted by Crippen LogP contribution is -2.49. The molecule has 8 heteroatoms. The van der Waals surface area contributed by atoms with E-state index in [2.05, 4.69) is 23.0 Å². The van der Waals surface area contributed by atoms with E-state index in [1.54, 1.807) is 38.3 Å². The van der Waals surface area contributed by atoms with Crippen LogP contribution < -0.4 is 20.8 Å². The number of thiocarbonyl (C=S) groups is 1. The predicted octanol–water partition coefficient (Wildman–Crippen LogP) is 2.93. The van der Waals surface area contributed by atoms with E-state index in [1.807, 2.05) is 24.3 Å². The second kappa shape index (κ2) is 7.85. The number of carbonyl (C=O) groups excluding carboxylic acids is 2. The molecule has 3 amide bonds. The minimum Gasteiger partial charge on any atom is -0.497 e. The van der Waals surface area contributed by atoms with Gasteiger partial charge in [0, 0.05) is 5.69 Å². The highest BCUT2D eigenvalue weighted by Gasteiger charge is 2.49. The monoisotopic (exact) mass is 398 g/mol. The van der Waals surface area contributed by atoms with Gasteiger partial charge >= 0.3 is 6.03 Å². The first-order valence-corrected chi connectivity index (χ1v) is 9.26. The number of amides is 3. The second-order valence-corrected chi connectivity index (χ2v) is 6.95. The maximum Gasteiger partial charge on any atom is 0.344 e. The molecule has 3 N–H and O–H groups in total. The third-order valence-corrected chi connectivity index (χ3v) is 4.86. The maximum absolute atomic E-state index is 12.9. The molecule has 2 aromatic rings. The fourth-order valence-corrected chi connectivity index (χ4v) is 3.20. The van der Waals surface area contributed by atoms with Crippen LogP contribution in [-0.4, -0.2) is 29.2 Å². The number of imide groups is 1. The fourth-order valence-electron chi connectivity index (χ4n) is 2.99. The molecule has 0 spiro atoms. The molecule has 2 aromatic carbocycles. The van der Waals surface area contributed by atoms with Crippen LogP contribution in [0.5, 0.6) is 5.75 Å². The third kappa shape index (κ3) is 3.77. The van der Waals surface area contributed by atoms with Gasteiger partial charge in [-0.1, -0.05) is 31.2 Å². The molecular formula is C20H22N4O3S. The summed E-state index contributed by atoms with van der Waals surface area (Å²) in [7, 11) is 1.56. The zero-order valence-corrected chi connectivity index (χ0v) is 16.7. The summed E-state index contributed by atoms with van der Waals surface area (Å²) in [4.78, 5) is 25.3. The lowest BCUT2D eigenvalue weighted by atomic mass is 9.92. The van der Waals surface area contributed by atoms with Crippen molar-refractivity contribution in [3.8, 4) is 5.75 Å². The highest BCUT2D eigenvalue weighted by atomic mass is 32.1. The first-order valence-electron chi connectivity index (χ1n) is 8.85. The number of nitrogens with one attached hydrogen (secondary N) is 3. The molecule has 28 heavy (non-hydrogen) atoms. The molecule has 0 radical (unpaired) electrons. The number of rotatable bonds is 5. The van der Waals surface area contributed by atoms with Crippen molar-refractivity contribution in [1.82, 2.24) is 15.8 Å². The molecule has 1 fully saturated rings. The van der Waals surface area contributed by atoms with Crippen LogP contribution in [0.25, 0.3) is 0 Å². The average Bonchev–Trinajstić information content (AvgIpc) is 2.92. The molecule has 1 saturated heterocycles. The van der Waals surface area contributed by atoms with Crippen molar-refractivity contribution < 1.29 is 14.3 Å². The minimum atomic E-state index is -1.20. The highest BCUT2D eigenvalue weighted by Crippen LogP contribution is 2.29. The first-order chi connectivity index (χ1) is 13.4. The van der Waals surface area contributed by atoms with Crippen molar-refractivity contribution >= 4 is 35.0 Å². The Labute approximate surface area is 169 Å². The van der Waals surface area contributed by atoms with Gasteiger partial charge in [-0.15, -0.1) is 0 Å². The van der Waals surface area contributed by atoms with Gasteiger partial charge in [-0.25, -0.2) is 4.79 Å². The zero-order valence-electron chi connectivity index (χ0n) is 15.9. The number of aryl methyl sites for hydroxylation is 1. The van der Waals surface area contributed by atoms with E-state index in [4.69, 9.17) is 17.0 Å². The van der Waals surface area contributed by atoms with Gasteiger partial charge in [0.15, 0.2) is 5.11 Å². The number of hydrogen-bond donors (Lipinski definition) is 3. The quantitative estimate of drug-likeness (QED) is 0.531. The van der Waals surface area contributed by atoms with Crippen LogP contribution in [0.4, 0.5) is 10.5 Å². The molecule has 3 rings (SSSR count). The Morgan fingerprint density at radius 3 is 2.57 bits per heavy atom. The van der Waals surface area contributed by atoms with E-state index in [9.17, 15) is 9.59 Å². The Morgan fingerprint density at radius 1 is 1.21 bits per heavy atom. The predicted molar refractivity (Wildman–Crippen MR) is 111 cm³/mol. The van der Waals surface area contributed by atoms with Gasteiger partial charge in [0.25, 0.3) is 5.91 Å². The highest BCUT2D eigenvalue weighted by molar-refractivity contribution is 7.80. The van der Waals surface area contributed by atoms with Crippen LogP contribution in [0.1, 0.15) is 25.0 Å². The van der Waals surface area contributed by atoms with Crippen molar-refractivity contribution in [2.45, 2.75) is 25.8 Å². The summed E-state index contributed by atoms with van der Waals surface area (Å²) in [5.74, 6) is 0.216. The molecule has 0 aromatic heterocycles. The van der Waals surface area contributed by atoms with Gasteiger partial charge in [-0.2, -0.15) is 5.01 Å². The Hall–Kier alpha value is -3.13. The van der Waals surface area contributed by atoms with Gasteiger partial charge in [0.1, 0.15) is 11.3 Å². The van der Waals surface area contributed by atoms with E-state index >= 15 is 0 Å². The molecule has 1 aliphatic rings. The topological polar surface area (TPSA) is 82.7 Å². The SMILES string of the molecule is CCc1cccc(NC(=S)NN2C(=O)N[C@](C)(c3ccc(OC)cc3)C2=O)c1. The molecule has 1 heterocycles. The van der Waals surface area contributed by atoms with E-state index in [0.29, 0.717) is 11.3 Å². The standard InChI is InChI=1S/C20H22N4O3S/c1-4-13-6-5-7-15(12-13)21-18(28)23-24-17(25)20(2,22-19(24)26)14-8-10-16(27-3)11-9-14/h5-12H,4H2,1-3H3,(H,22,26)(H2,21,23,28)/t20-/m1/s1. The van der Waals surface area contributed by atoms with E-state index in [0.717, 1.165) is 22.7 Å². The molecule has 1 aliphatic heterocycles. The van der Waals surface area contributed by atoms with Crippen LogP contribution in [0, 0.1) is 0 Å². The number of hydrazine groups is 1. The lowest BCUT2D eigenvalue weighted by Gasteiger charge is -2.23. The van der Waals surface area contributed by atoms with Crippen LogP contribution in [0.2, 0.25) is 0 Å². The number of hydrogen-bond acceptors (Lipinski definition) is 4. The summed E-state index contributed by atoms with van der Waals surface area (Å²) in [5.41, 5.74) is 4.05. The zero-order chi connectivity index (χ0) is 20.3. The Balaban J connectivity index is 1.73. The van der Waals surface area contributed by atoms with E-state index in [1.165, 1.54) is 0 Å². The lowest BCUT2D eigenvalue weighted by molar-refractivity contribution is -0.132. The average molecular weight is 398 g/mol. The number of urea groups is 1. The molecule has 0 unspecified atom stereocenters. The normalized spacial score (nSPS) is 18.6. The van der Waals surface area contributed by atoms with Gasteiger partial charge in [0.05, 0.1) is 7.11 Å². The molecule has 0 aliphatic carbocycles. The number of nitrogens with zero attached hydrogens (tertiary/aromatic N) is 1. The molecular weight excluding hydrogens is 376 g/mol. The first kappa shape index (κ1) is 19.6. The molecule has 7 nitrogen and oxygen atoms in total. The summed E-state index contributed by atoms with van der Waals surface area (Å²) in [6, 6.07) is 14.1. The largest absolute Gasteiger partial charge is 0.497 e. The summed E-state index contributed by atoms with van der Waals surface area (Å²) >= 11 is 5.27. The number of anilines is 1. The Kier molecular flexibility index (Phi) is 5.51. The molecule has 0 bridgehead atoms. The summed E-state index contributed by atoms with van der Waals surface area (Å²) < 4.78 is 5.14. The molecule has 0 saturated carbocycles. The van der Waals surface area contributed by atoms with Crippen LogP contribution in [0.3, 0.4) is 0 Å². The third-order valence-electron chi connectivity index (χ3n) is 4.66. The summed E-state index contributed by atoms with van der Waals surface area (Å²) in [6.07, 6.45) is 0.892. The van der Waals surface area contributed by atoms with Crippen molar-refractivity contribution in [3.63, 3.8) is 0 Å². The number of methoxy groups -OCH3 is 1. The molecule has 146 valence electrons. The summed E-state index contributed by atoms with van der Waals surface area (Å²) in [5, 5.41) is 6.76. The van der Waals surface area contributed by atoms with Crippen molar-refractivity contribution in [2.24, 2.45) is 0 Å². The van der Waals surface area contributed by atoms with Crippen molar-refractivity contribution in [2.75, 3.05) is 12.4 Å². The minimum absolute atomic E-state index is 0.149. The summed E-state index contributed by atoms with van der Waals surface area (Å²) in [6.45, 7) is 3.71. The van der Waals surface area contributed by atoms with Gasteiger partial charge in [-0.3, -0.25) is 10.2 Å². The number of carbonyl (C=O) groups is 2. The Bertz CT molecular complexity index is 916. The van der Waals surface area contributed by atoms with Crippen LogP contribution >= 0.6 is 12.2 Å². The molecule has 1 atom stereocenters. The number of ether oxygens (including phenoxy) is 1. The van der Waals surface area contributed by atoms with Crippen molar-refractivity contribution in [1.29, 1.82) is 0 Å². The van der Waals surface area contributed by atoms with Gasteiger partial charge in [0.2, 0.25) is 0 Å². The smallest absolute Gasteiger partial charge is 0.344 e. The van der Waals surface area contributed by atoms with Gasteiger partial charge in [-0.05, 0) is 61.0 Å². The Morgan fingerprint density at radius 2 is 1.93 bits per heavy atom. The van der Waals surface area contributed by atoms with Crippen LogP contribution in [-0.2, 0) is 16.8 Å². The van der Waals surface area contributed by atoms with Crippen molar-refractivity contribution in [3.05, 3.63) is 59.7 Å². The van der Waals surface area contributed by atoms with Gasteiger partial charge < -0.3 is 15.4 Å². The maximum atomic E-state index is 12.9. The van der Waals surface area contributed by atoms with E-state index < -0.39 is 17.5 Å². The fraction of sp³-hybridized carbons (Fsp3) is 0.250. The second-order valence-electron chi connectivity index (χ2n) is 6.54. The number of benzene rings is 2. The van der Waals surface area contributed by atoms with Crippen LogP contribution in [0.15, 0.2) is 48.5 Å².